The van der Waals surface area contributed by atoms with E-state index in [1.54, 1.807) is 0 Å². The van der Waals surface area contributed by atoms with Crippen LogP contribution in [0.1, 0.15) is 18.1 Å². The van der Waals surface area contributed by atoms with Gasteiger partial charge in [0.15, 0.2) is 11.6 Å². The van der Waals surface area contributed by atoms with E-state index in [-0.39, 0.29) is 5.56 Å². The standard InChI is InChI=1S/C16H15F2NO2/c1-16(15(20)21,12-7-8-13(17)14(18)9-12)19-10-11-5-3-2-4-6-11/h2-9,19H,10H2,1H3,(H,20,21). The van der Waals surface area contributed by atoms with Crippen LogP contribution in [0.15, 0.2) is 48.5 Å². The smallest absolute Gasteiger partial charge is 0.328 e. The summed E-state index contributed by atoms with van der Waals surface area (Å²) in [6, 6.07) is 12.3. The summed E-state index contributed by atoms with van der Waals surface area (Å²) in [4.78, 5) is 11.6. The molecule has 0 aromatic heterocycles. The molecule has 0 aliphatic rings. The summed E-state index contributed by atoms with van der Waals surface area (Å²) in [5.74, 6) is -3.24. The number of hydrogen-bond donors (Lipinski definition) is 2. The van der Waals surface area contributed by atoms with Gasteiger partial charge < -0.3 is 5.11 Å². The van der Waals surface area contributed by atoms with Gasteiger partial charge in [-0.3, -0.25) is 5.32 Å². The Bertz CT molecular complexity index is 646. The Hall–Kier alpha value is -2.27. The molecule has 3 nitrogen and oxygen atoms in total. The second-order valence-electron chi connectivity index (χ2n) is 4.90. The van der Waals surface area contributed by atoms with Gasteiger partial charge in [-0.2, -0.15) is 0 Å². The van der Waals surface area contributed by atoms with Crippen LogP contribution in [0, 0.1) is 11.6 Å². The summed E-state index contributed by atoms with van der Waals surface area (Å²) in [5.41, 5.74) is -0.456. The predicted molar refractivity (Wildman–Crippen MR) is 74.6 cm³/mol. The van der Waals surface area contributed by atoms with Crippen LogP contribution in [0.25, 0.3) is 0 Å². The van der Waals surface area contributed by atoms with Crippen molar-refractivity contribution in [1.29, 1.82) is 0 Å². The van der Waals surface area contributed by atoms with Gasteiger partial charge >= 0.3 is 5.97 Å². The minimum atomic E-state index is -1.51. The van der Waals surface area contributed by atoms with Crippen LogP contribution in [-0.2, 0) is 16.9 Å². The lowest BCUT2D eigenvalue weighted by molar-refractivity contribution is -0.144. The second-order valence-corrected chi connectivity index (χ2v) is 4.90. The van der Waals surface area contributed by atoms with Gasteiger partial charge in [0.1, 0.15) is 5.54 Å². The maximum atomic E-state index is 13.3. The average molecular weight is 291 g/mol. The summed E-state index contributed by atoms with van der Waals surface area (Å²) in [5, 5.41) is 12.3. The zero-order chi connectivity index (χ0) is 15.5. The molecule has 110 valence electrons. The molecule has 21 heavy (non-hydrogen) atoms. The lowest BCUT2D eigenvalue weighted by Gasteiger charge is -2.27. The fourth-order valence-electron chi connectivity index (χ4n) is 1.98. The minimum absolute atomic E-state index is 0.157. The van der Waals surface area contributed by atoms with Crippen molar-refractivity contribution in [3.63, 3.8) is 0 Å². The minimum Gasteiger partial charge on any atom is -0.480 e. The van der Waals surface area contributed by atoms with Crippen LogP contribution < -0.4 is 5.32 Å². The topological polar surface area (TPSA) is 49.3 Å². The Morgan fingerprint density at radius 3 is 2.38 bits per heavy atom. The summed E-state index contributed by atoms with van der Waals surface area (Å²) < 4.78 is 26.3. The summed E-state index contributed by atoms with van der Waals surface area (Å²) >= 11 is 0. The fraction of sp³-hybridized carbons (Fsp3) is 0.188. The Morgan fingerprint density at radius 1 is 1.14 bits per heavy atom. The number of nitrogens with one attached hydrogen (secondary N) is 1. The van der Waals surface area contributed by atoms with E-state index in [9.17, 15) is 18.7 Å². The monoisotopic (exact) mass is 291 g/mol. The Balaban J connectivity index is 2.27. The number of benzene rings is 2. The normalized spacial score (nSPS) is 13.7. The zero-order valence-corrected chi connectivity index (χ0v) is 11.4. The first-order valence-corrected chi connectivity index (χ1v) is 6.41. The molecule has 1 unspecified atom stereocenters. The van der Waals surface area contributed by atoms with Gasteiger partial charge in [-0.25, -0.2) is 13.6 Å². The van der Waals surface area contributed by atoms with Crippen molar-refractivity contribution < 1.29 is 18.7 Å². The number of carboxylic acid groups (broad SMARTS) is 1. The van der Waals surface area contributed by atoms with Crippen molar-refractivity contribution in [2.24, 2.45) is 0 Å². The molecule has 5 heteroatoms. The van der Waals surface area contributed by atoms with Crippen molar-refractivity contribution in [3.05, 3.63) is 71.3 Å². The number of carbonyl (C=O) groups is 1. The van der Waals surface area contributed by atoms with Crippen LogP contribution in [0.4, 0.5) is 8.78 Å². The number of rotatable bonds is 5. The van der Waals surface area contributed by atoms with Gasteiger partial charge in [-0.15, -0.1) is 0 Å². The summed E-state index contributed by atoms with van der Waals surface area (Å²) in [7, 11) is 0. The Labute approximate surface area is 121 Å². The van der Waals surface area contributed by atoms with E-state index in [1.807, 2.05) is 30.3 Å². The van der Waals surface area contributed by atoms with E-state index in [0.29, 0.717) is 6.54 Å². The van der Waals surface area contributed by atoms with E-state index in [0.717, 1.165) is 17.7 Å². The van der Waals surface area contributed by atoms with Gasteiger partial charge in [-0.1, -0.05) is 36.4 Å². The van der Waals surface area contributed by atoms with Crippen LogP contribution in [0.5, 0.6) is 0 Å². The van der Waals surface area contributed by atoms with Crippen molar-refractivity contribution in [2.45, 2.75) is 19.0 Å². The first-order chi connectivity index (χ1) is 9.93. The molecule has 0 heterocycles. The lowest BCUT2D eigenvalue weighted by Crippen LogP contribution is -2.46. The molecule has 1 atom stereocenters. The van der Waals surface area contributed by atoms with Crippen molar-refractivity contribution >= 4 is 5.97 Å². The molecule has 0 aliphatic heterocycles. The molecule has 2 N–H and O–H groups in total. The van der Waals surface area contributed by atoms with E-state index in [2.05, 4.69) is 5.32 Å². The first kappa shape index (κ1) is 15.1. The molecular weight excluding hydrogens is 276 g/mol. The van der Waals surface area contributed by atoms with Gasteiger partial charge in [0.2, 0.25) is 0 Å². The second kappa shape index (κ2) is 6.01. The number of aliphatic carboxylic acids is 1. The maximum Gasteiger partial charge on any atom is 0.328 e. The third-order valence-corrected chi connectivity index (χ3v) is 3.41. The highest BCUT2D eigenvalue weighted by Crippen LogP contribution is 2.23. The van der Waals surface area contributed by atoms with Crippen LogP contribution in [0.2, 0.25) is 0 Å². The highest BCUT2D eigenvalue weighted by molar-refractivity contribution is 5.80. The Morgan fingerprint density at radius 2 is 1.81 bits per heavy atom. The quantitative estimate of drug-likeness (QED) is 0.890. The molecule has 0 bridgehead atoms. The molecule has 0 radical (unpaired) electrons. The van der Waals surface area contributed by atoms with Crippen molar-refractivity contribution in [3.8, 4) is 0 Å². The molecule has 2 rings (SSSR count). The first-order valence-electron chi connectivity index (χ1n) is 6.41. The SMILES string of the molecule is CC(NCc1ccccc1)(C(=O)O)c1ccc(F)c(F)c1. The van der Waals surface area contributed by atoms with Crippen LogP contribution in [0.3, 0.4) is 0 Å². The van der Waals surface area contributed by atoms with Gasteiger partial charge in [0.25, 0.3) is 0 Å². The number of halogens is 2. The molecule has 0 saturated carbocycles. The summed E-state index contributed by atoms with van der Waals surface area (Å²) in [6.07, 6.45) is 0. The van der Waals surface area contributed by atoms with Gasteiger partial charge in [-0.05, 0) is 30.2 Å². The highest BCUT2D eigenvalue weighted by Gasteiger charge is 2.35. The van der Waals surface area contributed by atoms with Crippen molar-refractivity contribution in [1.82, 2.24) is 5.32 Å². The molecular formula is C16H15F2NO2. The maximum absolute atomic E-state index is 13.3. The van der Waals surface area contributed by atoms with Crippen molar-refractivity contribution in [2.75, 3.05) is 0 Å². The Kier molecular flexibility index (Phi) is 4.33. The highest BCUT2D eigenvalue weighted by atomic mass is 19.2. The summed E-state index contributed by atoms with van der Waals surface area (Å²) in [6.45, 7) is 1.72. The van der Waals surface area contributed by atoms with E-state index >= 15 is 0 Å². The number of carboxylic acids is 1. The largest absolute Gasteiger partial charge is 0.480 e. The molecule has 0 fully saturated rings. The lowest BCUT2D eigenvalue weighted by atomic mass is 9.91. The van der Waals surface area contributed by atoms with Crippen LogP contribution in [-0.4, -0.2) is 11.1 Å². The number of hydrogen-bond acceptors (Lipinski definition) is 2. The molecule has 0 saturated heterocycles. The average Bonchev–Trinajstić information content (AvgIpc) is 2.48. The zero-order valence-electron chi connectivity index (χ0n) is 11.4. The van der Waals surface area contributed by atoms with Crippen LogP contribution >= 0.6 is 0 Å². The van der Waals surface area contributed by atoms with E-state index < -0.39 is 23.1 Å². The fourth-order valence-corrected chi connectivity index (χ4v) is 1.98. The molecule has 2 aromatic carbocycles. The molecule has 0 amide bonds. The van der Waals surface area contributed by atoms with E-state index in [4.69, 9.17) is 0 Å². The van der Waals surface area contributed by atoms with E-state index in [1.165, 1.54) is 13.0 Å². The molecule has 0 aliphatic carbocycles. The molecule has 0 spiro atoms. The molecule has 2 aromatic rings. The third kappa shape index (κ3) is 3.25. The van der Waals surface area contributed by atoms with Gasteiger partial charge in [0, 0.05) is 6.54 Å². The predicted octanol–water partition coefficient (Wildman–Crippen LogP) is 3.05. The van der Waals surface area contributed by atoms with Gasteiger partial charge in [0.05, 0.1) is 0 Å². The third-order valence-electron chi connectivity index (χ3n) is 3.41.